The molecule has 15 heavy (non-hydrogen) atoms. The van der Waals surface area contributed by atoms with Crippen molar-refractivity contribution in [1.82, 2.24) is 5.32 Å². The number of rotatable bonds is 3. The van der Waals surface area contributed by atoms with E-state index in [1.165, 1.54) is 0 Å². The standard InChI is InChI=1S/C12H22N2O/c1-9(2)11-7-12(8-13,5-6-15-11)14-10(3)4/h9-11,14H,5-7H2,1-4H3. The molecule has 0 radical (unpaired) electrons. The Labute approximate surface area is 92.8 Å². The molecule has 0 aromatic rings. The highest BCUT2D eigenvalue weighted by molar-refractivity contribution is 5.10. The highest BCUT2D eigenvalue weighted by atomic mass is 16.5. The fraction of sp³-hybridized carbons (Fsp3) is 0.917. The van der Waals surface area contributed by atoms with Crippen molar-refractivity contribution in [2.75, 3.05) is 6.61 Å². The third-order valence-corrected chi connectivity index (χ3v) is 2.93. The van der Waals surface area contributed by atoms with E-state index in [-0.39, 0.29) is 11.6 Å². The molecule has 0 spiro atoms. The lowest BCUT2D eigenvalue weighted by Gasteiger charge is -2.39. The van der Waals surface area contributed by atoms with Gasteiger partial charge in [-0.15, -0.1) is 0 Å². The highest BCUT2D eigenvalue weighted by Crippen LogP contribution is 2.28. The Morgan fingerprint density at radius 3 is 2.53 bits per heavy atom. The Kier molecular flexibility index (Phi) is 4.12. The second-order valence-corrected chi connectivity index (χ2v) is 5.10. The smallest absolute Gasteiger partial charge is 0.111 e. The van der Waals surface area contributed by atoms with E-state index in [0.29, 0.717) is 18.6 Å². The van der Waals surface area contributed by atoms with Crippen LogP contribution in [0.25, 0.3) is 0 Å². The fourth-order valence-electron chi connectivity index (χ4n) is 2.13. The van der Waals surface area contributed by atoms with Gasteiger partial charge < -0.3 is 4.74 Å². The number of hydrogen-bond donors (Lipinski definition) is 1. The van der Waals surface area contributed by atoms with Crippen molar-refractivity contribution in [1.29, 1.82) is 5.26 Å². The van der Waals surface area contributed by atoms with Gasteiger partial charge in [0, 0.05) is 25.5 Å². The van der Waals surface area contributed by atoms with Crippen molar-refractivity contribution in [2.24, 2.45) is 5.92 Å². The minimum atomic E-state index is -0.374. The maximum Gasteiger partial charge on any atom is 0.111 e. The van der Waals surface area contributed by atoms with E-state index in [1.807, 2.05) is 0 Å². The number of nitrogens with one attached hydrogen (secondary N) is 1. The zero-order valence-electron chi connectivity index (χ0n) is 10.2. The van der Waals surface area contributed by atoms with Gasteiger partial charge in [0.15, 0.2) is 0 Å². The van der Waals surface area contributed by atoms with E-state index < -0.39 is 0 Å². The van der Waals surface area contributed by atoms with Gasteiger partial charge in [0.25, 0.3) is 0 Å². The summed E-state index contributed by atoms with van der Waals surface area (Å²) in [7, 11) is 0. The van der Waals surface area contributed by atoms with E-state index in [1.54, 1.807) is 0 Å². The quantitative estimate of drug-likeness (QED) is 0.775. The Bertz CT molecular complexity index is 244. The number of hydrogen-bond acceptors (Lipinski definition) is 3. The first kappa shape index (κ1) is 12.5. The lowest BCUT2D eigenvalue weighted by atomic mass is 9.84. The lowest BCUT2D eigenvalue weighted by molar-refractivity contribution is -0.0399. The molecule has 1 N–H and O–H groups in total. The van der Waals surface area contributed by atoms with Gasteiger partial charge in [-0.3, -0.25) is 5.32 Å². The average molecular weight is 210 g/mol. The summed E-state index contributed by atoms with van der Waals surface area (Å²) >= 11 is 0. The van der Waals surface area contributed by atoms with Gasteiger partial charge in [-0.2, -0.15) is 5.26 Å². The third kappa shape index (κ3) is 3.19. The predicted molar refractivity (Wildman–Crippen MR) is 60.4 cm³/mol. The summed E-state index contributed by atoms with van der Waals surface area (Å²) in [6.45, 7) is 9.15. The molecule has 1 aliphatic rings. The Morgan fingerprint density at radius 2 is 2.07 bits per heavy atom. The predicted octanol–water partition coefficient (Wildman–Crippen LogP) is 2.08. The maximum atomic E-state index is 9.32. The van der Waals surface area contributed by atoms with Crippen LogP contribution in [0.15, 0.2) is 0 Å². The summed E-state index contributed by atoms with van der Waals surface area (Å²) in [4.78, 5) is 0. The first-order valence-electron chi connectivity index (χ1n) is 5.79. The molecule has 2 unspecified atom stereocenters. The summed E-state index contributed by atoms with van der Waals surface area (Å²) in [6, 6.07) is 2.79. The van der Waals surface area contributed by atoms with Gasteiger partial charge in [-0.05, 0) is 19.8 Å². The molecule has 3 heteroatoms. The molecule has 0 aromatic carbocycles. The van der Waals surface area contributed by atoms with Crippen LogP contribution in [-0.4, -0.2) is 24.3 Å². The van der Waals surface area contributed by atoms with Gasteiger partial charge in [-0.25, -0.2) is 0 Å². The Morgan fingerprint density at radius 1 is 1.40 bits per heavy atom. The van der Waals surface area contributed by atoms with Gasteiger partial charge in [0.05, 0.1) is 12.2 Å². The molecule has 1 heterocycles. The Balaban J connectivity index is 2.69. The molecule has 2 atom stereocenters. The molecule has 1 aliphatic heterocycles. The first-order valence-corrected chi connectivity index (χ1v) is 5.79. The van der Waals surface area contributed by atoms with Crippen molar-refractivity contribution < 1.29 is 4.74 Å². The molecule has 0 saturated carbocycles. The van der Waals surface area contributed by atoms with Crippen LogP contribution in [0.1, 0.15) is 40.5 Å². The second-order valence-electron chi connectivity index (χ2n) is 5.10. The van der Waals surface area contributed by atoms with Gasteiger partial charge >= 0.3 is 0 Å². The molecular weight excluding hydrogens is 188 g/mol. The lowest BCUT2D eigenvalue weighted by Crippen LogP contribution is -2.54. The summed E-state index contributed by atoms with van der Waals surface area (Å²) in [6.07, 6.45) is 1.81. The van der Waals surface area contributed by atoms with E-state index in [4.69, 9.17) is 4.74 Å². The van der Waals surface area contributed by atoms with Crippen LogP contribution < -0.4 is 5.32 Å². The van der Waals surface area contributed by atoms with Crippen LogP contribution in [0.3, 0.4) is 0 Å². The fourth-order valence-corrected chi connectivity index (χ4v) is 2.13. The maximum absolute atomic E-state index is 9.32. The Hall–Kier alpha value is -0.590. The van der Waals surface area contributed by atoms with Gasteiger partial charge in [0.2, 0.25) is 0 Å². The zero-order chi connectivity index (χ0) is 11.5. The average Bonchev–Trinajstić information content (AvgIpc) is 2.17. The minimum absolute atomic E-state index is 0.213. The van der Waals surface area contributed by atoms with Crippen LogP contribution in [0.4, 0.5) is 0 Å². The molecule has 3 nitrogen and oxygen atoms in total. The topological polar surface area (TPSA) is 45.0 Å². The number of nitrogens with zero attached hydrogens (tertiary/aromatic N) is 1. The molecular formula is C12H22N2O. The minimum Gasteiger partial charge on any atom is -0.378 e. The summed E-state index contributed by atoms with van der Waals surface area (Å²) in [5.74, 6) is 0.479. The molecule has 1 saturated heterocycles. The van der Waals surface area contributed by atoms with Crippen LogP contribution >= 0.6 is 0 Å². The summed E-state index contributed by atoms with van der Waals surface area (Å²) in [5, 5.41) is 12.7. The van der Waals surface area contributed by atoms with Crippen LogP contribution in [-0.2, 0) is 4.74 Å². The monoisotopic (exact) mass is 210 g/mol. The van der Waals surface area contributed by atoms with Crippen LogP contribution in [0, 0.1) is 17.2 Å². The number of ether oxygens (including phenoxy) is 1. The molecule has 0 bridgehead atoms. The third-order valence-electron chi connectivity index (χ3n) is 2.93. The molecule has 1 fully saturated rings. The largest absolute Gasteiger partial charge is 0.378 e. The first-order chi connectivity index (χ1) is 6.99. The summed E-state index contributed by atoms with van der Waals surface area (Å²) in [5.41, 5.74) is -0.374. The van der Waals surface area contributed by atoms with Gasteiger partial charge in [-0.1, -0.05) is 13.8 Å². The van der Waals surface area contributed by atoms with Gasteiger partial charge in [0.1, 0.15) is 5.54 Å². The van der Waals surface area contributed by atoms with Crippen LogP contribution in [0.2, 0.25) is 0 Å². The molecule has 1 rings (SSSR count). The van der Waals surface area contributed by atoms with E-state index in [2.05, 4.69) is 39.1 Å². The van der Waals surface area contributed by atoms with Crippen molar-refractivity contribution in [2.45, 2.75) is 58.2 Å². The molecule has 0 aliphatic carbocycles. The van der Waals surface area contributed by atoms with E-state index in [9.17, 15) is 5.26 Å². The van der Waals surface area contributed by atoms with Crippen molar-refractivity contribution in [3.8, 4) is 6.07 Å². The summed E-state index contributed by atoms with van der Waals surface area (Å²) < 4.78 is 5.69. The van der Waals surface area contributed by atoms with Crippen molar-refractivity contribution in [3.63, 3.8) is 0 Å². The highest BCUT2D eigenvalue weighted by Gasteiger charge is 2.38. The zero-order valence-corrected chi connectivity index (χ0v) is 10.2. The normalized spacial score (nSPS) is 31.9. The number of nitriles is 1. The van der Waals surface area contributed by atoms with Crippen molar-refractivity contribution in [3.05, 3.63) is 0 Å². The molecule has 0 amide bonds. The van der Waals surface area contributed by atoms with Crippen LogP contribution in [0.5, 0.6) is 0 Å². The molecule has 86 valence electrons. The van der Waals surface area contributed by atoms with E-state index >= 15 is 0 Å². The van der Waals surface area contributed by atoms with E-state index in [0.717, 1.165) is 12.8 Å². The molecule has 0 aromatic heterocycles. The SMILES string of the molecule is CC(C)NC1(C#N)CCOC(C(C)C)C1. The van der Waals surface area contributed by atoms with Crippen molar-refractivity contribution >= 4 is 0 Å². The second kappa shape index (κ2) is 4.96.